The molecule has 116 valence electrons. The van der Waals surface area contributed by atoms with Gasteiger partial charge in [-0.2, -0.15) is 0 Å². The molecule has 1 saturated carbocycles. The minimum absolute atomic E-state index is 0.00543. The Morgan fingerprint density at radius 3 is 2.71 bits per heavy atom. The van der Waals surface area contributed by atoms with Crippen molar-refractivity contribution in [2.24, 2.45) is 11.8 Å². The Morgan fingerprint density at radius 2 is 2.05 bits per heavy atom. The molecule has 5 nitrogen and oxygen atoms in total. The highest BCUT2D eigenvalue weighted by Crippen LogP contribution is 2.29. The standard InChI is InChI=1S/C15H21NO4S/c1-11-5-2-3-6-13(11)10-16-21(19,20)14-8-4-7-12(9-14)15(17)18/h4,7-9,11,13,16H,2-3,5-6,10H2,1H3,(H,17,18). The third-order valence-electron chi connectivity index (χ3n) is 4.22. The molecule has 2 rings (SSSR count). The van der Waals surface area contributed by atoms with Gasteiger partial charge in [0, 0.05) is 6.54 Å². The molecular weight excluding hydrogens is 290 g/mol. The smallest absolute Gasteiger partial charge is 0.335 e. The lowest BCUT2D eigenvalue weighted by atomic mass is 9.81. The Bertz CT molecular complexity index is 612. The Balaban J connectivity index is 2.07. The molecule has 0 aliphatic heterocycles. The maximum absolute atomic E-state index is 12.3. The van der Waals surface area contributed by atoms with Gasteiger partial charge in [-0.05, 0) is 36.5 Å². The molecule has 1 aromatic rings. The van der Waals surface area contributed by atoms with Crippen LogP contribution in [0.25, 0.3) is 0 Å². The fraction of sp³-hybridized carbons (Fsp3) is 0.533. The first-order valence-electron chi connectivity index (χ1n) is 7.23. The summed E-state index contributed by atoms with van der Waals surface area (Å²) in [5, 5.41) is 8.93. The molecule has 6 heteroatoms. The van der Waals surface area contributed by atoms with Crippen LogP contribution in [0.15, 0.2) is 29.2 Å². The topological polar surface area (TPSA) is 83.5 Å². The largest absolute Gasteiger partial charge is 0.478 e. The zero-order valence-electron chi connectivity index (χ0n) is 12.1. The number of carboxylic acid groups (broad SMARTS) is 1. The van der Waals surface area contributed by atoms with Gasteiger partial charge in [0.1, 0.15) is 0 Å². The van der Waals surface area contributed by atoms with E-state index in [9.17, 15) is 13.2 Å². The molecule has 2 atom stereocenters. The maximum atomic E-state index is 12.3. The number of hydrogen-bond donors (Lipinski definition) is 2. The zero-order valence-corrected chi connectivity index (χ0v) is 12.9. The van der Waals surface area contributed by atoms with Crippen LogP contribution in [0.3, 0.4) is 0 Å². The van der Waals surface area contributed by atoms with Crippen molar-refractivity contribution in [2.45, 2.75) is 37.5 Å². The van der Waals surface area contributed by atoms with E-state index in [2.05, 4.69) is 11.6 Å². The van der Waals surface area contributed by atoms with Gasteiger partial charge in [0.25, 0.3) is 0 Å². The van der Waals surface area contributed by atoms with Crippen LogP contribution in [0.1, 0.15) is 43.0 Å². The summed E-state index contributed by atoms with van der Waals surface area (Å²) >= 11 is 0. The molecule has 1 aliphatic rings. The van der Waals surface area contributed by atoms with Crippen molar-refractivity contribution in [1.29, 1.82) is 0 Å². The van der Waals surface area contributed by atoms with Crippen LogP contribution in [0.5, 0.6) is 0 Å². The summed E-state index contributed by atoms with van der Waals surface area (Å²) in [4.78, 5) is 10.9. The SMILES string of the molecule is CC1CCCCC1CNS(=O)(=O)c1cccc(C(=O)O)c1. The average molecular weight is 311 g/mol. The molecule has 21 heavy (non-hydrogen) atoms. The van der Waals surface area contributed by atoms with E-state index in [1.54, 1.807) is 0 Å². The highest BCUT2D eigenvalue weighted by atomic mass is 32.2. The summed E-state index contributed by atoms with van der Waals surface area (Å²) in [6, 6.07) is 5.43. The van der Waals surface area contributed by atoms with Crippen molar-refractivity contribution >= 4 is 16.0 Å². The van der Waals surface area contributed by atoms with E-state index >= 15 is 0 Å². The Morgan fingerprint density at radius 1 is 1.33 bits per heavy atom. The van der Waals surface area contributed by atoms with Crippen LogP contribution >= 0.6 is 0 Å². The van der Waals surface area contributed by atoms with E-state index in [1.807, 2.05) is 0 Å². The van der Waals surface area contributed by atoms with E-state index < -0.39 is 16.0 Å². The van der Waals surface area contributed by atoms with Crippen LogP contribution in [0, 0.1) is 11.8 Å². The minimum atomic E-state index is -3.65. The second-order valence-corrected chi connectivity index (χ2v) is 7.47. The van der Waals surface area contributed by atoms with Crippen molar-refractivity contribution in [3.05, 3.63) is 29.8 Å². The van der Waals surface area contributed by atoms with Crippen LogP contribution in [-0.4, -0.2) is 26.0 Å². The number of hydrogen-bond acceptors (Lipinski definition) is 3. The number of benzene rings is 1. The molecule has 1 fully saturated rings. The molecule has 0 amide bonds. The Labute approximate surface area is 125 Å². The molecular formula is C15H21NO4S. The molecule has 0 radical (unpaired) electrons. The first kappa shape index (κ1) is 16.0. The van der Waals surface area contributed by atoms with Crippen molar-refractivity contribution in [2.75, 3.05) is 6.54 Å². The van der Waals surface area contributed by atoms with Gasteiger partial charge in [-0.1, -0.05) is 32.3 Å². The number of rotatable bonds is 5. The summed E-state index contributed by atoms with van der Waals surface area (Å²) in [5.74, 6) is -0.254. The predicted octanol–water partition coefficient (Wildman–Crippen LogP) is 2.49. The minimum Gasteiger partial charge on any atom is -0.478 e. The second-order valence-electron chi connectivity index (χ2n) is 5.71. The summed E-state index contributed by atoms with van der Waals surface area (Å²) in [6.07, 6.45) is 4.54. The highest BCUT2D eigenvalue weighted by Gasteiger charge is 2.24. The first-order chi connectivity index (χ1) is 9.90. The van der Waals surface area contributed by atoms with Gasteiger partial charge in [0.2, 0.25) is 10.0 Å². The van der Waals surface area contributed by atoms with Crippen LogP contribution in [-0.2, 0) is 10.0 Å². The van der Waals surface area contributed by atoms with E-state index in [-0.39, 0.29) is 10.5 Å². The molecule has 0 aromatic heterocycles. The number of sulfonamides is 1. The molecule has 0 bridgehead atoms. The van der Waals surface area contributed by atoms with Crippen LogP contribution < -0.4 is 4.72 Å². The number of carbonyl (C=O) groups is 1. The fourth-order valence-electron chi connectivity index (χ4n) is 2.79. The molecule has 0 spiro atoms. The van der Waals surface area contributed by atoms with Gasteiger partial charge in [-0.25, -0.2) is 17.9 Å². The van der Waals surface area contributed by atoms with E-state index in [0.717, 1.165) is 19.3 Å². The van der Waals surface area contributed by atoms with E-state index in [4.69, 9.17) is 5.11 Å². The maximum Gasteiger partial charge on any atom is 0.335 e. The van der Waals surface area contributed by atoms with Gasteiger partial charge < -0.3 is 5.11 Å². The summed E-state index contributed by atoms with van der Waals surface area (Å²) in [6.45, 7) is 2.57. The Kier molecular flexibility index (Phi) is 5.00. The van der Waals surface area contributed by atoms with Gasteiger partial charge >= 0.3 is 5.97 Å². The summed E-state index contributed by atoms with van der Waals surface area (Å²) in [5.41, 5.74) is -0.0242. The molecule has 0 heterocycles. The second kappa shape index (κ2) is 6.58. The zero-order chi connectivity index (χ0) is 15.5. The average Bonchev–Trinajstić information content (AvgIpc) is 2.46. The number of aromatic carboxylic acids is 1. The lowest BCUT2D eigenvalue weighted by Gasteiger charge is -2.28. The predicted molar refractivity (Wildman–Crippen MR) is 79.7 cm³/mol. The quantitative estimate of drug-likeness (QED) is 0.875. The molecule has 1 aromatic carbocycles. The normalized spacial score (nSPS) is 22.9. The summed E-state index contributed by atoms with van der Waals surface area (Å²) in [7, 11) is -3.65. The third-order valence-corrected chi connectivity index (χ3v) is 5.64. The van der Waals surface area contributed by atoms with E-state index in [0.29, 0.717) is 18.4 Å². The van der Waals surface area contributed by atoms with Gasteiger partial charge in [-0.15, -0.1) is 0 Å². The van der Waals surface area contributed by atoms with Crippen molar-refractivity contribution in [1.82, 2.24) is 4.72 Å². The van der Waals surface area contributed by atoms with E-state index in [1.165, 1.54) is 30.7 Å². The van der Waals surface area contributed by atoms with Crippen LogP contribution in [0.2, 0.25) is 0 Å². The summed E-state index contributed by atoms with van der Waals surface area (Å²) < 4.78 is 27.1. The molecule has 1 aliphatic carbocycles. The van der Waals surface area contributed by atoms with Gasteiger partial charge in [-0.3, -0.25) is 0 Å². The van der Waals surface area contributed by atoms with Crippen molar-refractivity contribution in [3.63, 3.8) is 0 Å². The molecule has 2 unspecified atom stereocenters. The monoisotopic (exact) mass is 311 g/mol. The van der Waals surface area contributed by atoms with Crippen molar-refractivity contribution < 1.29 is 18.3 Å². The van der Waals surface area contributed by atoms with Gasteiger partial charge in [0.05, 0.1) is 10.5 Å². The molecule has 0 saturated heterocycles. The molecule has 2 N–H and O–H groups in total. The van der Waals surface area contributed by atoms with Crippen LogP contribution in [0.4, 0.5) is 0 Å². The van der Waals surface area contributed by atoms with Gasteiger partial charge in [0.15, 0.2) is 0 Å². The third kappa shape index (κ3) is 4.04. The lowest BCUT2D eigenvalue weighted by Crippen LogP contribution is -2.33. The Hall–Kier alpha value is -1.40. The lowest BCUT2D eigenvalue weighted by molar-refractivity contribution is 0.0696. The van der Waals surface area contributed by atoms with Crippen molar-refractivity contribution in [3.8, 4) is 0 Å². The highest BCUT2D eigenvalue weighted by molar-refractivity contribution is 7.89. The number of carboxylic acids is 1. The fourth-order valence-corrected chi connectivity index (χ4v) is 3.93. The first-order valence-corrected chi connectivity index (χ1v) is 8.71. The number of nitrogens with one attached hydrogen (secondary N) is 1.